The second-order valence-corrected chi connectivity index (χ2v) is 5.07. The molecule has 1 heterocycles. The molecule has 1 atom stereocenters. The normalized spacial score (nSPS) is 19.5. The number of rotatable bonds is 4. The van der Waals surface area contributed by atoms with E-state index in [2.05, 4.69) is 6.07 Å². The van der Waals surface area contributed by atoms with Gasteiger partial charge in [0.15, 0.2) is 0 Å². The van der Waals surface area contributed by atoms with Gasteiger partial charge in [0.2, 0.25) is 0 Å². The Balaban J connectivity index is 1.98. The van der Waals surface area contributed by atoms with E-state index in [1.54, 1.807) is 18.0 Å². The molecule has 0 aromatic carbocycles. The van der Waals surface area contributed by atoms with E-state index in [4.69, 9.17) is 15.4 Å². The predicted molar refractivity (Wildman–Crippen MR) is 59.4 cm³/mol. The Labute approximate surface area is 93.6 Å². The average molecular weight is 222 g/mol. The van der Waals surface area contributed by atoms with Gasteiger partial charge in [0, 0.05) is 10.6 Å². The molecule has 1 aromatic rings. The molecule has 4 heteroatoms. The molecule has 0 radical (unpaired) electrons. The van der Waals surface area contributed by atoms with Crippen molar-refractivity contribution < 1.29 is 4.42 Å². The Hall–Kier alpha value is -0.920. The quantitative estimate of drug-likeness (QED) is 0.794. The number of aryl methyl sites for hydroxylation is 1. The van der Waals surface area contributed by atoms with Crippen molar-refractivity contribution in [3.8, 4) is 6.07 Å². The average Bonchev–Trinajstić information content (AvgIpc) is 3.01. The van der Waals surface area contributed by atoms with Crippen molar-refractivity contribution in [1.82, 2.24) is 0 Å². The highest BCUT2D eigenvalue weighted by Gasteiger charge is 2.42. The molecule has 1 aliphatic carbocycles. The van der Waals surface area contributed by atoms with E-state index in [-0.39, 0.29) is 0 Å². The molecule has 0 amide bonds. The van der Waals surface area contributed by atoms with Gasteiger partial charge in [0.25, 0.3) is 0 Å². The van der Waals surface area contributed by atoms with Gasteiger partial charge >= 0.3 is 0 Å². The third-order valence-corrected chi connectivity index (χ3v) is 4.15. The zero-order chi connectivity index (χ0) is 10.9. The lowest BCUT2D eigenvalue weighted by Crippen LogP contribution is -2.43. The fraction of sp³-hybridized carbons (Fsp3) is 0.545. The van der Waals surface area contributed by atoms with Crippen molar-refractivity contribution >= 4 is 11.8 Å². The van der Waals surface area contributed by atoms with Gasteiger partial charge in [0.05, 0.1) is 12.3 Å². The number of furan rings is 1. The summed E-state index contributed by atoms with van der Waals surface area (Å²) in [5.74, 6) is 1.94. The first-order valence-corrected chi connectivity index (χ1v) is 6.01. The first-order valence-electron chi connectivity index (χ1n) is 5.03. The van der Waals surface area contributed by atoms with Crippen molar-refractivity contribution in [3.05, 3.63) is 18.1 Å². The molecule has 0 aliphatic heterocycles. The van der Waals surface area contributed by atoms with Gasteiger partial charge in [-0.3, -0.25) is 0 Å². The molecular formula is C11H14N2OS. The second-order valence-electron chi connectivity index (χ2n) is 4.06. The zero-order valence-corrected chi connectivity index (χ0v) is 9.51. The third kappa shape index (κ3) is 2.19. The largest absolute Gasteiger partial charge is 0.468 e. The van der Waals surface area contributed by atoms with Crippen LogP contribution in [0.15, 0.2) is 21.6 Å². The highest BCUT2D eigenvalue weighted by molar-refractivity contribution is 7.99. The molecule has 0 bridgehead atoms. The van der Waals surface area contributed by atoms with Crippen molar-refractivity contribution in [1.29, 1.82) is 5.26 Å². The maximum absolute atomic E-state index is 9.08. The Kier molecular flexibility index (Phi) is 2.76. The Morgan fingerprint density at radius 3 is 2.93 bits per heavy atom. The molecule has 0 saturated heterocycles. The minimum absolute atomic E-state index is 0.391. The number of nitriles is 1. The summed E-state index contributed by atoms with van der Waals surface area (Å²) in [7, 11) is 0. The summed E-state index contributed by atoms with van der Waals surface area (Å²) in [4.78, 5) is 1.08. The minimum Gasteiger partial charge on any atom is -0.468 e. The molecule has 1 saturated carbocycles. The molecule has 1 fully saturated rings. The van der Waals surface area contributed by atoms with Gasteiger partial charge in [0.1, 0.15) is 11.3 Å². The molecule has 1 unspecified atom stereocenters. The SMILES string of the molecule is Cc1occc1SCC(N)(C#N)C1CC1. The Morgan fingerprint density at radius 1 is 1.73 bits per heavy atom. The highest BCUT2D eigenvalue weighted by Crippen LogP contribution is 2.40. The maximum atomic E-state index is 9.08. The van der Waals surface area contributed by atoms with E-state index in [1.165, 1.54) is 0 Å². The van der Waals surface area contributed by atoms with Gasteiger partial charge in [-0.2, -0.15) is 5.26 Å². The number of hydrogen-bond donors (Lipinski definition) is 1. The van der Waals surface area contributed by atoms with E-state index in [0.29, 0.717) is 11.7 Å². The molecule has 0 spiro atoms. The van der Waals surface area contributed by atoms with Gasteiger partial charge in [-0.25, -0.2) is 0 Å². The molecule has 2 N–H and O–H groups in total. The molecule has 80 valence electrons. The van der Waals surface area contributed by atoms with E-state index < -0.39 is 5.54 Å². The Bertz CT molecular complexity index is 392. The number of hydrogen-bond acceptors (Lipinski definition) is 4. The van der Waals surface area contributed by atoms with Crippen LogP contribution < -0.4 is 5.73 Å². The van der Waals surface area contributed by atoms with Crippen LogP contribution in [-0.2, 0) is 0 Å². The van der Waals surface area contributed by atoms with Crippen molar-refractivity contribution in [2.75, 3.05) is 5.75 Å². The van der Waals surface area contributed by atoms with Crippen LogP contribution >= 0.6 is 11.8 Å². The van der Waals surface area contributed by atoms with Crippen molar-refractivity contribution in [2.45, 2.75) is 30.2 Å². The molecule has 2 rings (SSSR count). The minimum atomic E-state index is -0.658. The van der Waals surface area contributed by atoms with Crippen LogP contribution in [0.4, 0.5) is 0 Å². The fourth-order valence-corrected chi connectivity index (χ4v) is 2.66. The van der Waals surface area contributed by atoms with Crippen LogP contribution in [-0.4, -0.2) is 11.3 Å². The van der Waals surface area contributed by atoms with Crippen LogP contribution in [0.25, 0.3) is 0 Å². The monoisotopic (exact) mass is 222 g/mol. The standard InChI is InChI=1S/C11H14N2OS/c1-8-10(4-5-14-8)15-7-11(13,6-12)9-2-3-9/h4-5,9H,2-3,7,13H2,1H3. The van der Waals surface area contributed by atoms with E-state index >= 15 is 0 Å². The first kappa shape index (κ1) is 10.6. The molecule has 1 aliphatic rings. The van der Waals surface area contributed by atoms with E-state index in [1.807, 2.05) is 13.0 Å². The van der Waals surface area contributed by atoms with Crippen LogP contribution in [0.1, 0.15) is 18.6 Å². The van der Waals surface area contributed by atoms with Gasteiger partial charge < -0.3 is 10.2 Å². The first-order chi connectivity index (χ1) is 7.15. The van der Waals surface area contributed by atoms with Crippen molar-refractivity contribution in [3.63, 3.8) is 0 Å². The molecule has 3 nitrogen and oxygen atoms in total. The highest BCUT2D eigenvalue weighted by atomic mass is 32.2. The Morgan fingerprint density at radius 2 is 2.47 bits per heavy atom. The zero-order valence-electron chi connectivity index (χ0n) is 8.69. The third-order valence-electron chi connectivity index (χ3n) is 2.79. The summed E-state index contributed by atoms with van der Waals surface area (Å²) >= 11 is 1.61. The van der Waals surface area contributed by atoms with Crippen molar-refractivity contribution in [2.24, 2.45) is 11.7 Å². The molecular weight excluding hydrogens is 208 g/mol. The lowest BCUT2D eigenvalue weighted by molar-refractivity contribution is 0.524. The van der Waals surface area contributed by atoms with Gasteiger partial charge in [-0.1, -0.05) is 0 Å². The smallest absolute Gasteiger partial charge is 0.116 e. The van der Waals surface area contributed by atoms with E-state index in [0.717, 1.165) is 23.5 Å². The lowest BCUT2D eigenvalue weighted by atomic mass is 10.00. The second kappa shape index (κ2) is 3.92. The fourth-order valence-electron chi connectivity index (χ4n) is 1.56. The summed E-state index contributed by atoms with van der Waals surface area (Å²) in [5, 5.41) is 9.08. The number of nitrogens with zero attached hydrogens (tertiary/aromatic N) is 1. The summed E-state index contributed by atoms with van der Waals surface area (Å²) < 4.78 is 5.19. The van der Waals surface area contributed by atoms with Gasteiger partial charge in [-0.05, 0) is 31.7 Å². The number of nitrogens with two attached hydrogens (primary N) is 1. The number of thioether (sulfide) groups is 1. The molecule has 1 aromatic heterocycles. The maximum Gasteiger partial charge on any atom is 0.116 e. The van der Waals surface area contributed by atoms with Crippen LogP contribution in [0.5, 0.6) is 0 Å². The lowest BCUT2D eigenvalue weighted by Gasteiger charge is -2.19. The summed E-state index contributed by atoms with van der Waals surface area (Å²) in [6.45, 7) is 1.92. The predicted octanol–water partition coefficient (Wildman–Crippen LogP) is 2.31. The summed E-state index contributed by atoms with van der Waals surface area (Å²) in [6.07, 6.45) is 3.85. The van der Waals surface area contributed by atoms with Gasteiger partial charge in [-0.15, -0.1) is 11.8 Å². The summed E-state index contributed by atoms with van der Waals surface area (Å²) in [6, 6.07) is 4.17. The van der Waals surface area contributed by atoms with Crippen LogP contribution in [0, 0.1) is 24.2 Å². The molecule has 15 heavy (non-hydrogen) atoms. The van der Waals surface area contributed by atoms with E-state index in [9.17, 15) is 0 Å². The topological polar surface area (TPSA) is 62.9 Å². The van der Waals surface area contributed by atoms with Crippen LogP contribution in [0.2, 0.25) is 0 Å². The van der Waals surface area contributed by atoms with Crippen LogP contribution in [0.3, 0.4) is 0 Å². The summed E-state index contributed by atoms with van der Waals surface area (Å²) in [5.41, 5.74) is 5.40.